The Hall–Kier alpha value is -3.80. The summed E-state index contributed by atoms with van der Waals surface area (Å²) in [6, 6.07) is 18.1. The molecule has 0 saturated carbocycles. The zero-order valence-corrected chi connectivity index (χ0v) is 28.2. The average Bonchev–Trinajstić information content (AvgIpc) is 3.41. The Morgan fingerprint density at radius 1 is 1.09 bits per heavy atom. The summed E-state index contributed by atoms with van der Waals surface area (Å²) in [5.74, 6) is 0.895. The number of anilines is 1. The number of likely N-dealkylation sites (N-methyl/N-ethyl adjacent to an activating group) is 1. The molecule has 5 aromatic rings. The summed E-state index contributed by atoms with van der Waals surface area (Å²) < 4.78 is 38.8. The van der Waals surface area contributed by atoms with E-state index in [1.165, 1.54) is 25.0 Å². The highest BCUT2D eigenvalue weighted by Gasteiger charge is 2.34. The Bertz CT molecular complexity index is 2040. The minimum Gasteiger partial charge on any atom is -0.462 e. The quantitative estimate of drug-likeness (QED) is 0.102. The van der Waals surface area contributed by atoms with Crippen LogP contribution in [0.2, 0.25) is 5.02 Å². The van der Waals surface area contributed by atoms with E-state index in [1.54, 1.807) is 0 Å². The molecule has 244 valence electrons. The molecule has 10 nitrogen and oxygen atoms in total. The van der Waals surface area contributed by atoms with Gasteiger partial charge in [0, 0.05) is 64.8 Å². The third-order valence-corrected chi connectivity index (χ3v) is 9.94. The van der Waals surface area contributed by atoms with Gasteiger partial charge >= 0.3 is 16.2 Å². The molecular weight excluding hydrogens is 662 g/mol. The molecule has 14 heteroatoms. The van der Waals surface area contributed by atoms with Crippen LogP contribution in [0, 0.1) is 0 Å². The van der Waals surface area contributed by atoms with Crippen molar-refractivity contribution in [1.82, 2.24) is 25.6 Å². The van der Waals surface area contributed by atoms with Crippen molar-refractivity contribution in [3.8, 4) is 17.3 Å². The normalized spacial score (nSPS) is 17.4. The van der Waals surface area contributed by atoms with E-state index in [0.29, 0.717) is 41.6 Å². The number of halogens is 2. The second-order valence-corrected chi connectivity index (χ2v) is 13.7. The fourth-order valence-corrected chi connectivity index (χ4v) is 7.20. The van der Waals surface area contributed by atoms with Crippen LogP contribution in [-0.4, -0.2) is 75.0 Å². The first-order chi connectivity index (χ1) is 22.7. The largest absolute Gasteiger partial charge is 0.462 e. The van der Waals surface area contributed by atoms with Crippen LogP contribution >= 0.6 is 20.8 Å². The average molecular weight is 695 g/mol. The lowest BCUT2D eigenvalue weighted by molar-refractivity contribution is 0.112. The molecule has 3 atom stereocenters. The van der Waals surface area contributed by atoms with Crippen molar-refractivity contribution in [3.63, 3.8) is 0 Å². The number of hydrogen-bond acceptors (Lipinski definition) is 10. The molecule has 2 aromatic heterocycles. The maximum absolute atomic E-state index is 12.2. The van der Waals surface area contributed by atoms with Crippen molar-refractivity contribution in [1.29, 1.82) is 0 Å². The van der Waals surface area contributed by atoms with Crippen LogP contribution in [-0.2, 0) is 10.2 Å². The maximum Gasteiger partial charge on any atom is 0.332 e. The van der Waals surface area contributed by atoms with Crippen molar-refractivity contribution < 1.29 is 21.8 Å². The highest BCUT2D eigenvalue weighted by molar-refractivity contribution is 7.86. The number of rotatable bonds is 8. The van der Waals surface area contributed by atoms with Gasteiger partial charge < -0.3 is 20.3 Å². The predicted octanol–water partition coefficient (Wildman–Crippen LogP) is 4.69. The molecule has 0 aliphatic carbocycles. The van der Waals surface area contributed by atoms with Crippen LogP contribution < -0.4 is 25.6 Å². The van der Waals surface area contributed by atoms with Crippen LogP contribution in [0.1, 0.15) is 23.2 Å². The van der Waals surface area contributed by atoms with Crippen LogP contribution in [0.15, 0.2) is 71.8 Å². The van der Waals surface area contributed by atoms with Crippen LogP contribution in [0.4, 0.5) is 9.70 Å². The Labute approximate surface area is 279 Å². The lowest BCUT2D eigenvalue weighted by Crippen LogP contribution is -2.51. The Morgan fingerprint density at radius 3 is 2.45 bits per heavy atom. The number of piperazine rings is 1. The monoisotopic (exact) mass is 694 g/mol. The lowest BCUT2D eigenvalue weighted by atomic mass is 10.0. The van der Waals surface area contributed by atoms with Crippen LogP contribution in [0.3, 0.4) is 0 Å². The van der Waals surface area contributed by atoms with Gasteiger partial charge in [-0.15, -0.1) is 13.1 Å². The Balaban J connectivity index is 0.000000273. The first kappa shape index (κ1) is 33.1. The van der Waals surface area contributed by atoms with Gasteiger partial charge in [-0.2, -0.15) is 18.4 Å². The number of aldehydes is 1. The SMILES string of the molecule is CNCCOc1nc(N2CC3CCC(C2)N3)c2cnc(-c3cccc4cccc(Cl)c34)c(P)c2n1.O=Cc1ccc(S(=O)(=O)F)cc1. The zero-order valence-electron chi connectivity index (χ0n) is 25.5. The van der Waals surface area contributed by atoms with Gasteiger partial charge in [-0.3, -0.25) is 9.78 Å². The van der Waals surface area contributed by atoms with Gasteiger partial charge in [0.1, 0.15) is 18.7 Å². The molecule has 3 unspecified atom stereocenters. The number of carbonyl (C=O) groups excluding carboxylic acids is 1. The first-order valence-corrected chi connectivity index (χ1v) is 17.4. The minimum absolute atomic E-state index is 0.308. The number of hydrogen-bond donors (Lipinski definition) is 2. The lowest BCUT2D eigenvalue weighted by Gasteiger charge is -2.34. The molecule has 47 heavy (non-hydrogen) atoms. The summed E-state index contributed by atoms with van der Waals surface area (Å²) in [4.78, 5) is 26.7. The molecule has 7 rings (SSSR count). The number of ether oxygens (including phenoxy) is 1. The molecule has 2 aliphatic heterocycles. The number of pyridine rings is 1. The second-order valence-electron chi connectivity index (χ2n) is 11.4. The molecule has 2 fully saturated rings. The molecule has 4 heterocycles. The molecule has 0 amide bonds. The molecule has 2 saturated heterocycles. The van der Waals surface area contributed by atoms with E-state index in [1.807, 2.05) is 31.4 Å². The molecule has 2 aliphatic rings. The van der Waals surface area contributed by atoms with E-state index in [2.05, 4.69) is 43.0 Å². The zero-order chi connectivity index (χ0) is 33.1. The van der Waals surface area contributed by atoms with Crippen molar-refractivity contribution in [2.24, 2.45) is 0 Å². The number of nitrogens with zero attached hydrogens (tertiary/aromatic N) is 4. The highest BCUT2D eigenvalue weighted by atomic mass is 35.5. The summed E-state index contributed by atoms with van der Waals surface area (Å²) in [7, 11) is 0.123. The second kappa shape index (κ2) is 14.1. The summed E-state index contributed by atoms with van der Waals surface area (Å²) in [6.45, 7) is 3.06. The Kier molecular flexibility index (Phi) is 9.96. The molecule has 3 aromatic carbocycles. The first-order valence-electron chi connectivity index (χ1n) is 15.1. The molecule has 0 spiro atoms. The predicted molar refractivity (Wildman–Crippen MR) is 186 cm³/mol. The third kappa shape index (κ3) is 7.22. The Morgan fingerprint density at radius 2 is 1.79 bits per heavy atom. The molecule has 2 bridgehead atoms. The summed E-state index contributed by atoms with van der Waals surface area (Å²) >= 11 is 6.64. The number of carbonyl (C=O) groups is 1. The molecule has 2 N–H and O–H groups in total. The van der Waals surface area contributed by atoms with Gasteiger partial charge in [-0.25, -0.2) is 0 Å². The number of fused-ring (bicyclic) bond motifs is 4. The van der Waals surface area contributed by atoms with Gasteiger partial charge in [-0.1, -0.05) is 54.1 Å². The minimum atomic E-state index is -4.64. The van der Waals surface area contributed by atoms with E-state index in [9.17, 15) is 17.1 Å². The van der Waals surface area contributed by atoms with Crippen LogP contribution in [0.25, 0.3) is 32.9 Å². The maximum atomic E-state index is 12.2. The van der Waals surface area contributed by atoms with Crippen molar-refractivity contribution in [3.05, 3.63) is 77.4 Å². The van der Waals surface area contributed by atoms with Gasteiger partial charge in [0.15, 0.2) is 0 Å². The van der Waals surface area contributed by atoms with Crippen molar-refractivity contribution in [2.45, 2.75) is 29.8 Å². The number of aromatic nitrogens is 3. The van der Waals surface area contributed by atoms with Gasteiger partial charge in [-0.05, 0) is 43.5 Å². The van der Waals surface area contributed by atoms with Crippen molar-refractivity contribution >= 4 is 70.1 Å². The number of nitrogens with one attached hydrogen (secondary N) is 2. The molecule has 0 radical (unpaired) electrons. The number of benzene rings is 3. The van der Waals surface area contributed by atoms with E-state index in [0.717, 1.165) is 75.8 Å². The fourth-order valence-electron chi connectivity index (χ4n) is 6.01. The smallest absolute Gasteiger partial charge is 0.332 e. The summed E-state index contributed by atoms with van der Waals surface area (Å²) in [5.41, 5.74) is 2.97. The van der Waals surface area contributed by atoms with E-state index < -0.39 is 15.1 Å². The van der Waals surface area contributed by atoms with Crippen molar-refractivity contribution in [2.75, 3.05) is 38.2 Å². The van der Waals surface area contributed by atoms with E-state index >= 15 is 0 Å². The van der Waals surface area contributed by atoms with Crippen LogP contribution in [0.5, 0.6) is 6.01 Å². The van der Waals surface area contributed by atoms with Gasteiger partial charge in [0.05, 0.1) is 21.5 Å². The van der Waals surface area contributed by atoms with Gasteiger partial charge in [0.25, 0.3) is 0 Å². The fraction of sp³-hybridized carbons (Fsp3) is 0.273. The van der Waals surface area contributed by atoms with E-state index in [-0.39, 0.29) is 0 Å². The van der Waals surface area contributed by atoms with E-state index in [4.69, 9.17) is 31.3 Å². The highest BCUT2D eigenvalue weighted by Crippen LogP contribution is 2.36. The third-order valence-electron chi connectivity index (χ3n) is 8.24. The standard InChI is InChI=1S/C26H28ClN6OP.C7H5FO3S/c1-28-10-11-34-26-31-23-19(25(32-26)33-13-16-8-9-17(14-33)30-16)12-29-22(24(23)35)18-6-2-4-15-5-3-7-20(27)21(15)18;8-12(10,11)7-3-1-6(5-9)2-4-7/h2-7,12,16-17,28,30H,8-11,13-14,35H2,1H3;1-5H. The molecular formula is C33H33ClFN6O4PS. The summed E-state index contributed by atoms with van der Waals surface area (Å²) in [6.07, 6.45) is 4.86. The topological polar surface area (TPSA) is 126 Å². The summed E-state index contributed by atoms with van der Waals surface area (Å²) in [5, 5.41) is 11.4. The van der Waals surface area contributed by atoms with Gasteiger partial charge in [0.2, 0.25) is 0 Å².